The number of ether oxygens (including phenoxy) is 1. The Morgan fingerprint density at radius 1 is 1.13 bits per heavy atom. The largest absolute Gasteiger partial charge is 0.385 e. The zero-order valence-corrected chi connectivity index (χ0v) is 10.7. The van der Waals surface area contributed by atoms with Gasteiger partial charge < -0.3 is 9.84 Å². The highest BCUT2D eigenvalue weighted by Crippen LogP contribution is 2.32. The van der Waals surface area contributed by atoms with Crippen LogP contribution in [0.3, 0.4) is 0 Å². The van der Waals surface area contributed by atoms with Crippen LogP contribution in [0.5, 0.6) is 0 Å². The normalized spacial score (nSPS) is 27.3. The van der Waals surface area contributed by atoms with Crippen LogP contribution in [-0.4, -0.2) is 18.3 Å². The van der Waals surface area contributed by atoms with Gasteiger partial charge in [0.1, 0.15) is 0 Å². The molecule has 1 saturated heterocycles. The molecular weight excluding hydrogens is 303 g/mol. The zero-order valence-electron chi connectivity index (χ0n) is 8.58. The van der Waals surface area contributed by atoms with Crippen LogP contribution in [0.2, 0.25) is 0 Å². The highest BCUT2D eigenvalue weighted by atomic mass is 127. The van der Waals surface area contributed by atoms with Gasteiger partial charge in [0.2, 0.25) is 0 Å². The third-order valence-corrected chi connectivity index (χ3v) is 3.64. The molecule has 2 rings (SSSR count). The van der Waals surface area contributed by atoms with Crippen LogP contribution in [0.15, 0.2) is 24.3 Å². The summed E-state index contributed by atoms with van der Waals surface area (Å²) in [5, 5.41) is 10.5. The van der Waals surface area contributed by atoms with Crippen molar-refractivity contribution in [1.82, 2.24) is 0 Å². The lowest BCUT2D eigenvalue weighted by molar-refractivity contribution is 0.0144. The standard InChI is InChI=1S/C12H15IO2/c13-11-4-2-10(3-5-11)12(14)6-1-8-15-9-7-12/h2-5,14H,1,6-9H2. The van der Waals surface area contributed by atoms with Crippen molar-refractivity contribution in [2.75, 3.05) is 13.2 Å². The molecule has 2 nitrogen and oxygen atoms in total. The van der Waals surface area contributed by atoms with Gasteiger partial charge in [0.25, 0.3) is 0 Å². The van der Waals surface area contributed by atoms with Gasteiger partial charge in [0, 0.05) is 23.2 Å². The van der Waals surface area contributed by atoms with E-state index in [4.69, 9.17) is 4.74 Å². The van der Waals surface area contributed by atoms with Gasteiger partial charge >= 0.3 is 0 Å². The van der Waals surface area contributed by atoms with Gasteiger partial charge in [-0.2, -0.15) is 0 Å². The second-order valence-corrected chi connectivity index (χ2v) is 5.25. The number of halogens is 1. The second-order valence-electron chi connectivity index (χ2n) is 4.00. The summed E-state index contributed by atoms with van der Waals surface area (Å²) in [7, 11) is 0. The molecule has 15 heavy (non-hydrogen) atoms. The number of aliphatic hydroxyl groups is 1. The molecule has 82 valence electrons. The van der Waals surface area contributed by atoms with Gasteiger partial charge in [-0.3, -0.25) is 0 Å². The summed E-state index contributed by atoms with van der Waals surface area (Å²) < 4.78 is 6.57. The van der Waals surface area contributed by atoms with E-state index in [1.165, 1.54) is 3.57 Å². The van der Waals surface area contributed by atoms with E-state index in [0.717, 1.165) is 25.0 Å². The minimum Gasteiger partial charge on any atom is -0.385 e. The molecule has 0 bridgehead atoms. The minimum absolute atomic E-state index is 0.655. The van der Waals surface area contributed by atoms with Crippen molar-refractivity contribution in [3.63, 3.8) is 0 Å². The van der Waals surface area contributed by atoms with Crippen LogP contribution in [0.25, 0.3) is 0 Å². The topological polar surface area (TPSA) is 29.5 Å². The van der Waals surface area contributed by atoms with Gasteiger partial charge in [-0.05, 0) is 53.1 Å². The molecule has 1 heterocycles. The van der Waals surface area contributed by atoms with Gasteiger partial charge in [0.15, 0.2) is 0 Å². The predicted molar refractivity (Wildman–Crippen MR) is 67.7 cm³/mol. The van der Waals surface area contributed by atoms with Gasteiger partial charge in [0.05, 0.1) is 5.60 Å². The Hall–Kier alpha value is -0.130. The molecular formula is C12H15IO2. The molecule has 1 unspecified atom stereocenters. The maximum Gasteiger partial charge on any atom is 0.0919 e. The van der Waals surface area contributed by atoms with Crippen LogP contribution in [0, 0.1) is 3.57 Å². The summed E-state index contributed by atoms with van der Waals surface area (Å²) in [4.78, 5) is 0. The molecule has 1 aliphatic heterocycles. The second kappa shape index (κ2) is 4.80. The van der Waals surface area contributed by atoms with Crippen molar-refractivity contribution in [2.24, 2.45) is 0 Å². The Bertz CT molecular complexity index is 313. The lowest BCUT2D eigenvalue weighted by Crippen LogP contribution is -2.25. The maximum atomic E-state index is 10.5. The Labute approximate surface area is 104 Å². The van der Waals surface area contributed by atoms with Crippen molar-refractivity contribution in [3.05, 3.63) is 33.4 Å². The maximum absolute atomic E-state index is 10.5. The van der Waals surface area contributed by atoms with Crippen molar-refractivity contribution >= 4 is 22.6 Å². The first-order valence-corrected chi connectivity index (χ1v) is 6.35. The van der Waals surface area contributed by atoms with Crippen molar-refractivity contribution in [2.45, 2.75) is 24.9 Å². The summed E-state index contributed by atoms with van der Waals surface area (Å²) in [6, 6.07) is 8.12. The zero-order chi connectivity index (χ0) is 10.7. The third kappa shape index (κ3) is 2.71. The quantitative estimate of drug-likeness (QED) is 0.807. The first-order valence-electron chi connectivity index (χ1n) is 5.27. The van der Waals surface area contributed by atoms with E-state index in [2.05, 4.69) is 22.6 Å². The molecule has 0 radical (unpaired) electrons. The van der Waals surface area contributed by atoms with E-state index in [1.807, 2.05) is 24.3 Å². The summed E-state index contributed by atoms with van der Waals surface area (Å²) in [6.07, 6.45) is 2.43. The molecule has 0 aliphatic carbocycles. The molecule has 1 aromatic carbocycles. The lowest BCUT2D eigenvalue weighted by Gasteiger charge is -2.26. The van der Waals surface area contributed by atoms with Crippen LogP contribution < -0.4 is 0 Å². The number of hydrogen-bond acceptors (Lipinski definition) is 2. The summed E-state index contributed by atoms with van der Waals surface area (Å²) in [6.45, 7) is 1.43. The minimum atomic E-state index is -0.680. The lowest BCUT2D eigenvalue weighted by atomic mass is 9.87. The van der Waals surface area contributed by atoms with E-state index >= 15 is 0 Å². The Kier molecular flexibility index (Phi) is 3.64. The molecule has 1 fully saturated rings. The van der Waals surface area contributed by atoms with Crippen LogP contribution in [0.4, 0.5) is 0 Å². The monoisotopic (exact) mass is 318 g/mol. The first-order chi connectivity index (χ1) is 7.21. The summed E-state index contributed by atoms with van der Waals surface area (Å²) in [5.41, 5.74) is 0.342. The van der Waals surface area contributed by atoms with E-state index in [0.29, 0.717) is 13.0 Å². The average molecular weight is 318 g/mol. The van der Waals surface area contributed by atoms with E-state index < -0.39 is 5.60 Å². The molecule has 0 spiro atoms. The Morgan fingerprint density at radius 3 is 2.60 bits per heavy atom. The average Bonchev–Trinajstić information content (AvgIpc) is 2.45. The smallest absolute Gasteiger partial charge is 0.0919 e. The van der Waals surface area contributed by atoms with Crippen LogP contribution in [0.1, 0.15) is 24.8 Å². The number of benzene rings is 1. The fourth-order valence-electron chi connectivity index (χ4n) is 1.98. The van der Waals surface area contributed by atoms with Crippen molar-refractivity contribution in [1.29, 1.82) is 0 Å². The van der Waals surface area contributed by atoms with E-state index in [-0.39, 0.29) is 0 Å². The highest BCUT2D eigenvalue weighted by molar-refractivity contribution is 14.1. The SMILES string of the molecule is OC1(c2ccc(I)cc2)CCCOCC1. The van der Waals surface area contributed by atoms with Gasteiger partial charge in [-0.25, -0.2) is 0 Å². The highest BCUT2D eigenvalue weighted by Gasteiger charge is 2.30. The molecule has 0 amide bonds. The van der Waals surface area contributed by atoms with Crippen molar-refractivity contribution in [3.8, 4) is 0 Å². The van der Waals surface area contributed by atoms with Crippen LogP contribution >= 0.6 is 22.6 Å². The molecule has 0 saturated carbocycles. The number of hydrogen-bond donors (Lipinski definition) is 1. The molecule has 1 aliphatic rings. The molecule has 0 aromatic heterocycles. The Balaban J connectivity index is 2.22. The van der Waals surface area contributed by atoms with Gasteiger partial charge in [-0.15, -0.1) is 0 Å². The van der Waals surface area contributed by atoms with E-state index in [9.17, 15) is 5.11 Å². The van der Waals surface area contributed by atoms with Gasteiger partial charge in [-0.1, -0.05) is 12.1 Å². The summed E-state index contributed by atoms with van der Waals surface area (Å²) in [5.74, 6) is 0. The predicted octanol–water partition coefficient (Wildman–Crippen LogP) is 2.68. The molecule has 1 aromatic rings. The molecule has 1 N–H and O–H groups in total. The third-order valence-electron chi connectivity index (χ3n) is 2.92. The van der Waals surface area contributed by atoms with Crippen molar-refractivity contribution < 1.29 is 9.84 Å². The number of rotatable bonds is 1. The Morgan fingerprint density at radius 2 is 1.87 bits per heavy atom. The fourth-order valence-corrected chi connectivity index (χ4v) is 2.34. The molecule has 1 atom stereocenters. The first kappa shape index (κ1) is 11.4. The fraction of sp³-hybridized carbons (Fsp3) is 0.500. The molecule has 3 heteroatoms. The van der Waals surface area contributed by atoms with Crippen LogP contribution in [-0.2, 0) is 10.3 Å². The summed E-state index contributed by atoms with van der Waals surface area (Å²) >= 11 is 2.27. The van der Waals surface area contributed by atoms with E-state index in [1.54, 1.807) is 0 Å².